The Morgan fingerprint density at radius 2 is 1.82 bits per heavy atom. The zero-order valence-corrected chi connectivity index (χ0v) is 12.0. The van der Waals surface area contributed by atoms with Crippen molar-refractivity contribution in [2.45, 2.75) is 52.6 Å². The Hall–Kier alpha value is -0.710. The van der Waals surface area contributed by atoms with E-state index in [0.29, 0.717) is 11.7 Å². The van der Waals surface area contributed by atoms with Crippen molar-refractivity contribution in [3.63, 3.8) is 0 Å². The lowest BCUT2D eigenvalue weighted by Crippen LogP contribution is -2.49. The summed E-state index contributed by atoms with van der Waals surface area (Å²) < 4.78 is 0. The summed E-state index contributed by atoms with van der Waals surface area (Å²) in [5, 5.41) is 5.47. The third-order valence-electron chi connectivity index (χ3n) is 2.72. The largest absolute Gasteiger partial charge is 0.352 e. The predicted molar refractivity (Wildman–Crippen MR) is 73.1 cm³/mol. The monoisotopic (exact) mass is 260 g/mol. The highest BCUT2D eigenvalue weighted by Gasteiger charge is 2.19. The Balaban J connectivity index is 4.16. The molecule has 3 atom stereocenters. The zero-order valence-electron chi connectivity index (χ0n) is 11.1. The minimum atomic E-state index is -0.546. The summed E-state index contributed by atoms with van der Waals surface area (Å²) in [6.45, 7) is 7.67. The van der Waals surface area contributed by atoms with Gasteiger partial charge in [-0.2, -0.15) is 12.6 Å². The maximum Gasteiger partial charge on any atom is 0.243 e. The Morgan fingerprint density at radius 3 is 2.24 bits per heavy atom. The topological polar surface area (TPSA) is 58.2 Å². The minimum absolute atomic E-state index is 0.119. The van der Waals surface area contributed by atoms with E-state index in [1.165, 1.54) is 6.92 Å². The van der Waals surface area contributed by atoms with Crippen molar-refractivity contribution >= 4 is 24.4 Å². The fraction of sp³-hybridized carbons (Fsp3) is 0.833. The summed E-state index contributed by atoms with van der Waals surface area (Å²) >= 11 is 4.06. The summed E-state index contributed by atoms with van der Waals surface area (Å²) in [7, 11) is 0. The van der Waals surface area contributed by atoms with Crippen molar-refractivity contribution in [1.29, 1.82) is 0 Å². The molecule has 0 bridgehead atoms. The molecule has 0 aliphatic rings. The van der Waals surface area contributed by atoms with Crippen LogP contribution in [0.5, 0.6) is 0 Å². The van der Waals surface area contributed by atoms with Crippen LogP contribution in [0, 0.1) is 5.92 Å². The van der Waals surface area contributed by atoms with E-state index < -0.39 is 6.04 Å². The molecule has 2 amide bonds. The molecule has 0 rings (SSSR count). The van der Waals surface area contributed by atoms with E-state index >= 15 is 0 Å². The SMILES string of the molecule is CCC(C)CC(C)NC(=O)C(CS)NC(C)=O. The van der Waals surface area contributed by atoms with Crippen molar-refractivity contribution in [3.05, 3.63) is 0 Å². The summed E-state index contributed by atoms with van der Waals surface area (Å²) in [6, 6.07) is -0.427. The average Bonchev–Trinajstić information content (AvgIpc) is 2.24. The minimum Gasteiger partial charge on any atom is -0.352 e. The maximum atomic E-state index is 11.8. The smallest absolute Gasteiger partial charge is 0.243 e. The average molecular weight is 260 g/mol. The maximum absolute atomic E-state index is 11.8. The molecule has 0 aliphatic carbocycles. The van der Waals surface area contributed by atoms with Crippen LogP contribution in [0.1, 0.15) is 40.5 Å². The Bertz CT molecular complexity index is 259. The Morgan fingerprint density at radius 1 is 1.24 bits per heavy atom. The van der Waals surface area contributed by atoms with Crippen molar-refractivity contribution in [2.24, 2.45) is 5.92 Å². The molecular weight excluding hydrogens is 236 g/mol. The lowest BCUT2D eigenvalue weighted by molar-refractivity contribution is -0.127. The molecule has 5 heteroatoms. The number of nitrogens with one attached hydrogen (secondary N) is 2. The second kappa shape index (κ2) is 8.39. The van der Waals surface area contributed by atoms with Crippen molar-refractivity contribution in [1.82, 2.24) is 10.6 Å². The van der Waals surface area contributed by atoms with Crippen molar-refractivity contribution in [2.75, 3.05) is 5.75 Å². The number of carbonyl (C=O) groups excluding carboxylic acids is 2. The molecule has 0 aromatic heterocycles. The third kappa shape index (κ3) is 7.26. The van der Waals surface area contributed by atoms with Gasteiger partial charge in [0.1, 0.15) is 6.04 Å². The summed E-state index contributed by atoms with van der Waals surface area (Å²) in [5.41, 5.74) is 0. The van der Waals surface area contributed by atoms with Crippen LogP contribution in [-0.2, 0) is 9.59 Å². The zero-order chi connectivity index (χ0) is 13.4. The molecule has 0 heterocycles. The molecule has 0 radical (unpaired) electrons. The highest BCUT2D eigenvalue weighted by Crippen LogP contribution is 2.09. The summed E-state index contributed by atoms with van der Waals surface area (Å²) in [5.74, 6) is 0.516. The first-order chi connectivity index (χ1) is 7.90. The molecular formula is C12H24N2O2S. The second-order valence-corrected chi connectivity index (χ2v) is 4.96. The van der Waals surface area contributed by atoms with E-state index in [0.717, 1.165) is 12.8 Å². The van der Waals surface area contributed by atoms with Gasteiger partial charge in [-0.15, -0.1) is 0 Å². The van der Waals surface area contributed by atoms with E-state index in [4.69, 9.17) is 0 Å². The van der Waals surface area contributed by atoms with Crippen LogP contribution in [0.15, 0.2) is 0 Å². The van der Waals surface area contributed by atoms with Gasteiger partial charge in [0.15, 0.2) is 0 Å². The number of amides is 2. The van der Waals surface area contributed by atoms with Crippen LogP contribution in [0.3, 0.4) is 0 Å². The molecule has 0 fully saturated rings. The fourth-order valence-electron chi connectivity index (χ4n) is 1.61. The number of hydrogen-bond donors (Lipinski definition) is 3. The van der Waals surface area contributed by atoms with E-state index in [2.05, 4.69) is 37.1 Å². The van der Waals surface area contributed by atoms with Crippen LogP contribution in [0.25, 0.3) is 0 Å². The lowest BCUT2D eigenvalue weighted by Gasteiger charge is -2.21. The summed E-state index contributed by atoms with van der Waals surface area (Å²) in [4.78, 5) is 22.7. The third-order valence-corrected chi connectivity index (χ3v) is 3.08. The number of thiol groups is 1. The molecule has 0 spiro atoms. The first kappa shape index (κ1) is 16.3. The normalized spacial score (nSPS) is 15.8. The Labute approximate surface area is 109 Å². The first-order valence-electron chi connectivity index (χ1n) is 6.09. The molecule has 2 N–H and O–H groups in total. The molecule has 100 valence electrons. The van der Waals surface area contributed by atoms with E-state index in [-0.39, 0.29) is 17.9 Å². The highest BCUT2D eigenvalue weighted by molar-refractivity contribution is 7.80. The summed E-state index contributed by atoms with van der Waals surface area (Å²) in [6.07, 6.45) is 2.05. The van der Waals surface area contributed by atoms with Crippen LogP contribution >= 0.6 is 12.6 Å². The van der Waals surface area contributed by atoms with Gasteiger partial charge < -0.3 is 10.6 Å². The van der Waals surface area contributed by atoms with Gasteiger partial charge in [0.25, 0.3) is 0 Å². The van der Waals surface area contributed by atoms with Crippen molar-refractivity contribution < 1.29 is 9.59 Å². The van der Waals surface area contributed by atoms with Crippen LogP contribution in [0.2, 0.25) is 0 Å². The van der Waals surface area contributed by atoms with Gasteiger partial charge in [-0.05, 0) is 19.3 Å². The van der Waals surface area contributed by atoms with Crippen LogP contribution in [-0.4, -0.2) is 29.7 Å². The lowest BCUT2D eigenvalue weighted by atomic mass is 10.0. The van der Waals surface area contributed by atoms with E-state index in [9.17, 15) is 9.59 Å². The van der Waals surface area contributed by atoms with Gasteiger partial charge >= 0.3 is 0 Å². The molecule has 0 aromatic carbocycles. The van der Waals surface area contributed by atoms with E-state index in [1.54, 1.807) is 0 Å². The molecule has 4 nitrogen and oxygen atoms in total. The standard InChI is InChI=1S/C12H24N2O2S/c1-5-8(2)6-9(3)13-12(16)11(7-17)14-10(4)15/h8-9,11,17H,5-7H2,1-4H3,(H,13,16)(H,14,15). The van der Waals surface area contributed by atoms with Gasteiger partial charge in [-0.25, -0.2) is 0 Å². The fourth-order valence-corrected chi connectivity index (χ4v) is 1.87. The first-order valence-corrected chi connectivity index (χ1v) is 6.72. The molecule has 0 saturated carbocycles. The number of hydrogen-bond acceptors (Lipinski definition) is 3. The van der Waals surface area contributed by atoms with Gasteiger partial charge in [0.05, 0.1) is 0 Å². The van der Waals surface area contributed by atoms with Crippen LogP contribution < -0.4 is 10.6 Å². The van der Waals surface area contributed by atoms with Gasteiger partial charge in [0, 0.05) is 18.7 Å². The van der Waals surface area contributed by atoms with Gasteiger partial charge in [0.2, 0.25) is 11.8 Å². The quantitative estimate of drug-likeness (QED) is 0.605. The van der Waals surface area contributed by atoms with Crippen molar-refractivity contribution in [3.8, 4) is 0 Å². The molecule has 0 aliphatic heterocycles. The number of carbonyl (C=O) groups is 2. The molecule has 0 aromatic rings. The molecule has 3 unspecified atom stereocenters. The highest BCUT2D eigenvalue weighted by atomic mass is 32.1. The second-order valence-electron chi connectivity index (χ2n) is 4.59. The molecule has 17 heavy (non-hydrogen) atoms. The number of rotatable bonds is 7. The van der Waals surface area contributed by atoms with E-state index in [1.807, 2.05) is 6.92 Å². The van der Waals surface area contributed by atoms with Gasteiger partial charge in [-0.1, -0.05) is 20.3 Å². The molecule has 0 saturated heterocycles. The van der Waals surface area contributed by atoms with Gasteiger partial charge in [-0.3, -0.25) is 9.59 Å². The predicted octanol–water partition coefficient (Wildman–Crippen LogP) is 1.36. The Kier molecular flexibility index (Phi) is 8.04. The van der Waals surface area contributed by atoms with Crippen LogP contribution in [0.4, 0.5) is 0 Å².